The van der Waals surface area contributed by atoms with E-state index in [0.717, 1.165) is 13.8 Å². The van der Waals surface area contributed by atoms with E-state index < -0.39 is 23.9 Å². The fourth-order valence-electron chi connectivity index (χ4n) is 1.75. The first-order chi connectivity index (χ1) is 17.4. The molecule has 13 nitrogen and oxygen atoms in total. The molecule has 0 aliphatic heterocycles. The molecule has 38 heavy (non-hydrogen) atoms. The second-order valence-corrected chi connectivity index (χ2v) is 6.00. The van der Waals surface area contributed by atoms with Crippen molar-refractivity contribution in [3.05, 3.63) is 70.8 Å². The minimum atomic E-state index is -1.11. The Bertz CT molecular complexity index is 892. The predicted molar refractivity (Wildman–Crippen MR) is 128 cm³/mol. The van der Waals surface area contributed by atoms with Gasteiger partial charge in [0.2, 0.25) is 0 Å². The quantitative estimate of drug-likeness (QED) is 0.179. The second kappa shape index (κ2) is 28.2. The molecule has 0 amide bonds. The van der Waals surface area contributed by atoms with E-state index in [-0.39, 0.29) is 68.2 Å². The topological polar surface area (TPSA) is 233 Å². The Morgan fingerprint density at radius 2 is 0.921 bits per heavy atom. The van der Waals surface area contributed by atoms with Crippen LogP contribution >= 0.6 is 0 Å². The van der Waals surface area contributed by atoms with Crippen molar-refractivity contribution in [2.45, 2.75) is 13.8 Å². The summed E-state index contributed by atoms with van der Waals surface area (Å²) in [6.07, 6.45) is 3.09. The van der Waals surface area contributed by atoms with Gasteiger partial charge in [0, 0.05) is 46.6 Å². The number of ether oxygens (including phenoxy) is 1. The summed E-state index contributed by atoms with van der Waals surface area (Å²) in [7, 11) is 0. The van der Waals surface area contributed by atoms with E-state index >= 15 is 0 Å². The summed E-state index contributed by atoms with van der Waals surface area (Å²) < 4.78 is 4.63. The third kappa shape index (κ3) is 27.2. The average Bonchev–Trinajstić information content (AvgIpc) is 2.84. The van der Waals surface area contributed by atoms with Crippen LogP contribution in [0.25, 0.3) is 0 Å². The number of carbonyl (C=O) groups is 4. The first-order valence-electron chi connectivity index (χ1n) is 9.98. The molecule has 0 heterocycles. The molecule has 1 radical (unpaired) electrons. The number of benzene rings is 2. The van der Waals surface area contributed by atoms with E-state index in [1.807, 2.05) is 0 Å². The van der Waals surface area contributed by atoms with Gasteiger partial charge in [-0.15, -0.1) is 35.4 Å². The van der Waals surface area contributed by atoms with Crippen LogP contribution in [-0.2, 0) is 56.6 Å². The molecule has 0 atom stereocenters. The van der Waals surface area contributed by atoms with E-state index in [2.05, 4.69) is 4.74 Å². The first-order valence-corrected chi connectivity index (χ1v) is 9.98. The number of carboxylic acid groups (broad SMARTS) is 4. The summed E-state index contributed by atoms with van der Waals surface area (Å²) in [6, 6.07) is 11.9. The van der Waals surface area contributed by atoms with Crippen LogP contribution in [0.4, 0.5) is 0 Å². The van der Waals surface area contributed by atoms with Crippen LogP contribution in [0.1, 0.15) is 45.7 Å². The second-order valence-electron chi connectivity index (χ2n) is 6.00. The van der Waals surface area contributed by atoms with Crippen molar-refractivity contribution in [1.29, 1.82) is 0 Å². The van der Waals surface area contributed by atoms with Gasteiger partial charge in [-0.3, -0.25) is 19.2 Å². The van der Waals surface area contributed by atoms with Gasteiger partial charge in [0.25, 0.3) is 23.9 Å². The monoisotopic (exact) mass is 613 g/mol. The number of aromatic carboxylic acids is 2. The van der Waals surface area contributed by atoms with Crippen LogP contribution in [-0.4, -0.2) is 93.5 Å². The van der Waals surface area contributed by atoms with Crippen LogP contribution < -0.4 is 0 Å². The molecule has 2 aromatic carbocycles. The van der Waals surface area contributed by atoms with Gasteiger partial charge in [0.1, 0.15) is 0 Å². The number of aliphatic carboxylic acids is 2. The molecule has 6 N–H and O–H groups in total. The SMILES string of the molecule is CC(=O)O.CC(=O)O.O=[C-]c1ccccc1C(=O)O.O=[C-]c1ccccc1C(=O)O.OCCOCCO.[Y]. The fourth-order valence-corrected chi connectivity index (χ4v) is 1.75. The Balaban J connectivity index is -0.000000201. The number of aliphatic hydroxyl groups is 2. The van der Waals surface area contributed by atoms with Crippen LogP contribution in [0.5, 0.6) is 0 Å². The van der Waals surface area contributed by atoms with Crippen LogP contribution in [0.2, 0.25) is 0 Å². The molecule has 0 aliphatic rings. The largest absolute Gasteiger partial charge is 0.487 e. The number of carboxylic acids is 4. The molecule has 0 bridgehead atoms. The summed E-state index contributed by atoms with van der Waals surface area (Å²) in [5.74, 6) is -3.88. The van der Waals surface area contributed by atoms with Crippen molar-refractivity contribution in [3.8, 4) is 0 Å². The van der Waals surface area contributed by atoms with Gasteiger partial charge in [-0.25, -0.2) is 0 Å². The van der Waals surface area contributed by atoms with E-state index in [9.17, 15) is 19.2 Å². The summed E-state index contributed by atoms with van der Waals surface area (Å²) >= 11 is 0. The molecule has 0 aromatic heterocycles. The number of hydrogen-bond acceptors (Lipinski definition) is 9. The van der Waals surface area contributed by atoms with E-state index in [4.69, 9.17) is 40.2 Å². The molecule has 2 rings (SSSR count). The number of carbonyl (C=O) groups excluding carboxylic acids is 2. The molecule has 2 aromatic rings. The first kappa shape index (κ1) is 41.8. The van der Waals surface area contributed by atoms with Gasteiger partial charge in [0.05, 0.1) is 39.0 Å². The van der Waals surface area contributed by atoms with E-state index in [1.54, 1.807) is 36.8 Å². The predicted octanol–water partition coefficient (Wildman–Crippen LogP) is 0.852. The van der Waals surface area contributed by atoms with Crippen molar-refractivity contribution < 1.29 is 96.9 Å². The zero-order valence-electron chi connectivity index (χ0n) is 20.6. The maximum Gasteiger partial charge on any atom is 0.300 e. The molecular weight excluding hydrogens is 585 g/mol. The van der Waals surface area contributed by atoms with Crippen LogP contribution in [0.15, 0.2) is 48.5 Å². The number of aliphatic hydroxyl groups excluding tert-OH is 2. The van der Waals surface area contributed by atoms with Crippen molar-refractivity contribution >= 4 is 36.4 Å². The Morgan fingerprint density at radius 3 is 1.11 bits per heavy atom. The van der Waals surface area contributed by atoms with Gasteiger partial charge in [-0.05, 0) is 11.1 Å². The third-order valence-electron chi connectivity index (χ3n) is 3.01. The molecule has 0 fully saturated rings. The fraction of sp³-hybridized carbons (Fsp3) is 0.250. The Morgan fingerprint density at radius 1 is 0.658 bits per heavy atom. The standard InChI is InChI=1S/2C8H5O3.C4H10O3.2C2H4O2.Y/c2*9-5-6-3-1-2-4-7(6)8(10)11;5-1-3-7-4-2-6;2*1-2(3)4;/h2*1-4H,(H,10,11);5-6H,1-4H2;2*1H3,(H,3,4);/q2*-1;;;;. The summed E-state index contributed by atoms with van der Waals surface area (Å²) in [5, 5.41) is 48.0. The Labute approximate surface area is 243 Å². The summed E-state index contributed by atoms with van der Waals surface area (Å²) in [4.78, 5) is 59.1. The molecule has 207 valence electrons. The normalized spacial score (nSPS) is 8.32. The minimum Gasteiger partial charge on any atom is -0.487 e. The van der Waals surface area contributed by atoms with Gasteiger partial charge < -0.3 is 45.0 Å². The number of rotatable bonds is 8. The van der Waals surface area contributed by atoms with Gasteiger partial charge in [0.15, 0.2) is 0 Å². The zero-order valence-corrected chi connectivity index (χ0v) is 23.4. The summed E-state index contributed by atoms with van der Waals surface area (Å²) in [5.41, 5.74) is 0.144. The molecule has 0 saturated carbocycles. The van der Waals surface area contributed by atoms with Crippen molar-refractivity contribution in [1.82, 2.24) is 0 Å². The Kier molecular flexibility index (Phi) is 31.0. The smallest absolute Gasteiger partial charge is 0.300 e. The molecule has 0 unspecified atom stereocenters. The molecule has 0 saturated heterocycles. The minimum absolute atomic E-state index is 0. The van der Waals surface area contributed by atoms with Crippen molar-refractivity contribution in [2.75, 3.05) is 26.4 Å². The third-order valence-corrected chi connectivity index (χ3v) is 3.01. The molecular formula is C24H28O13Y-2. The maximum atomic E-state index is 10.4. The molecule has 0 spiro atoms. The van der Waals surface area contributed by atoms with Crippen molar-refractivity contribution in [2.24, 2.45) is 0 Å². The van der Waals surface area contributed by atoms with E-state index in [0.29, 0.717) is 13.2 Å². The number of hydrogen-bond donors (Lipinski definition) is 6. The Hall–Kier alpha value is -3.36. The average molecular weight is 613 g/mol. The van der Waals surface area contributed by atoms with Crippen molar-refractivity contribution in [3.63, 3.8) is 0 Å². The van der Waals surface area contributed by atoms with E-state index in [1.165, 1.54) is 24.3 Å². The molecule has 14 heteroatoms. The zero-order chi connectivity index (χ0) is 29.2. The molecule has 0 aliphatic carbocycles. The van der Waals surface area contributed by atoms with Crippen LogP contribution in [0.3, 0.4) is 0 Å². The van der Waals surface area contributed by atoms with Gasteiger partial charge >= 0.3 is 0 Å². The van der Waals surface area contributed by atoms with Crippen LogP contribution in [0, 0.1) is 0 Å². The summed E-state index contributed by atoms with van der Waals surface area (Å²) in [6.45, 7) is 2.86. The maximum absolute atomic E-state index is 10.4. The van der Waals surface area contributed by atoms with Gasteiger partial charge in [-0.1, -0.05) is 12.1 Å². The van der Waals surface area contributed by atoms with Gasteiger partial charge in [-0.2, -0.15) is 12.1 Å².